The van der Waals surface area contributed by atoms with E-state index in [1.807, 2.05) is 0 Å². The third-order valence-corrected chi connectivity index (χ3v) is 1.47. The summed E-state index contributed by atoms with van der Waals surface area (Å²) in [5, 5.41) is 6.65. The Morgan fingerprint density at radius 3 is 2.58 bits per heavy atom. The van der Waals surface area contributed by atoms with Crippen LogP contribution in [0.3, 0.4) is 0 Å². The van der Waals surface area contributed by atoms with Gasteiger partial charge in [-0.15, -0.1) is 0 Å². The van der Waals surface area contributed by atoms with E-state index < -0.39 is 11.9 Å². The molecule has 0 unspecified atom stereocenters. The smallest absolute Gasteiger partial charge is 0.234 e. The Bertz CT molecular complexity index is 158. The van der Waals surface area contributed by atoms with Crippen LogP contribution in [0.4, 0.5) is 0 Å². The lowest BCUT2D eigenvalue weighted by Gasteiger charge is -2.04. The summed E-state index contributed by atoms with van der Waals surface area (Å²) in [4.78, 5) is 10.5. The van der Waals surface area contributed by atoms with Crippen molar-refractivity contribution in [2.75, 3.05) is 6.54 Å². The molecule has 0 aromatic rings. The second-order valence-corrected chi connectivity index (χ2v) is 2.49. The second kappa shape index (κ2) is 6.53. The minimum atomic E-state index is -0.542. The Morgan fingerprint density at radius 2 is 2.08 bits per heavy atom. The summed E-state index contributed by atoms with van der Waals surface area (Å²) in [6, 6.07) is -0.542. The van der Waals surface area contributed by atoms with Gasteiger partial charge in [0.05, 0.1) is 12.6 Å². The molecular formula is C6H15N5O. The van der Waals surface area contributed by atoms with Crippen molar-refractivity contribution in [1.82, 2.24) is 0 Å². The van der Waals surface area contributed by atoms with Gasteiger partial charge in [-0.2, -0.15) is 5.11 Å². The van der Waals surface area contributed by atoms with Crippen molar-refractivity contribution in [3.05, 3.63) is 0 Å². The molecule has 0 aliphatic heterocycles. The second-order valence-electron chi connectivity index (χ2n) is 2.49. The molecule has 0 spiro atoms. The largest absolute Gasteiger partial charge is 0.368 e. The van der Waals surface area contributed by atoms with Gasteiger partial charge in [-0.05, 0) is 19.3 Å². The van der Waals surface area contributed by atoms with Crippen LogP contribution in [-0.2, 0) is 4.79 Å². The zero-order chi connectivity index (χ0) is 9.40. The van der Waals surface area contributed by atoms with Crippen molar-refractivity contribution in [3.63, 3.8) is 0 Å². The zero-order valence-electron chi connectivity index (χ0n) is 6.94. The lowest BCUT2D eigenvalue weighted by Crippen LogP contribution is -2.36. The maximum atomic E-state index is 10.5. The normalized spacial score (nSPS) is 13.4. The van der Waals surface area contributed by atoms with E-state index in [1.54, 1.807) is 0 Å². The monoisotopic (exact) mass is 173 g/mol. The van der Waals surface area contributed by atoms with Gasteiger partial charge in [-0.25, -0.2) is 0 Å². The number of rotatable bonds is 6. The molecule has 0 radical (unpaired) electrons. The van der Waals surface area contributed by atoms with Gasteiger partial charge in [0.2, 0.25) is 5.91 Å². The number of amides is 1. The first-order valence-corrected chi connectivity index (χ1v) is 3.80. The molecule has 0 fully saturated rings. The number of nitrogens with two attached hydrogens (primary N) is 3. The van der Waals surface area contributed by atoms with Crippen LogP contribution in [0.15, 0.2) is 10.3 Å². The molecule has 6 heteroatoms. The molecule has 6 nitrogen and oxygen atoms in total. The van der Waals surface area contributed by atoms with Crippen molar-refractivity contribution < 1.29 is 4.79 Å². The number of primary amides is 1. The molecule has 0 saturated carbocycles. The molecule has 0 saturated heterocycles. The fourth-order valence-corrected chi connectivity index (χ4v) is 0.747. The lowest BCUT2D eigenvalue weighted by molar-refractivity contribution is -0.119. The van der Waals surface area contributed by atoms with Crippen molar-refractivity contribution >= 4 is 5.91 Å². The highest BCUT2D eigenvalue weighted by molar-refractivity contribution is 5.79. The molecule has 0 aromatic heterocycles. The van der Waals surface area contributed by atoms with Crippen LogP contribution >= 0.6 is 0 Å². The molecule has 0 heterocycles. The number of nitrogens with zero attached hydrogens (tertiary/aromatic N) is 2. The van der Waals surface area contributed by atoms with Gasteiger partial charge in [0.15, 0.2) is 0 Å². The quantitative estimate of drug-likeness (QED) is 0.213. The van der Waals surface area contributed by atoms with Crippen molar-refractivity contribution in [2.45, 2.75) is 25.3 Å². The zero-order valence-corrected chi connectivity index (χ0v) is 6.94. The summed E-state index contributed by atoms with van der Waals surface area (Å²) in [7, 11) is 0. The predicted molar refractivity (Wildman–Crippen MR) is 44.9 cm³/mol. The summed E-state index contributed by atoms with van der Waals surface area (Å²) in [5.41, 5.74) is 10.3. The highest BCUT2D eigenvalue weighted by Crippen LogP contribution is 1.98. The Hall–Kier alpha value is -1.17. The molecule has 6 N–H and O–H groups in total. The topological polar surface area (TPSA) is 120 Å². The Kier molecular flexibility index (Phi) is 5.90. The van der Waals surface area contributed by atoms with Gasteiger partial charge in [0.1, 0.15) is 0 Å². The average molecular weight is 173 g/mol. The fraction of sp³-hybridized carbons (Fsp3) is 0.833. The van der Waals surface area contributed by atoms with Crippen molar-refractivity contribution in [2.24, 2.45) is 27.6 Å². The van der Waals surface area contributed by atoms with E-state index in [0.29, 0.717) is 13.0 Å². The summed E-state index contributed by atoms with van der Waals surface area (Å²) < 4.78 is 0. The maximum absolute atomic E-state index is 10.5. The Labute approximate surface area is 71.2 Å². The SMILES string of the molecule is NN=NCCCC[C@H](N)C(N)=O. The first-order chi connectivity index (χ1) is 5.68. The van der Waals surface area contributed by atoms with E-state index in [2.05, 4.69) is 10.3 Å². The van der Waals surface area contributed by atoms with Crippen LogP contribution < -0.4 is 17.3 Å². The lowest BCUT2D eigenvalue weighted by atomic mass is 10.1. The van der Waals surface area contributed by atoms with Gasteiger partial charge in [0, 0.05) is 0 Å². The number of hydrogen-bond donors (Lipinski definition) is 3. The molecule has 70 valence electrons. The van der Waals surface area contributed by atoms with Gasteiger partial charge < -0.3 is 17.3 Å². The van der Waals surface area contributed by atoms with Crippen LogP contribution in [0.25, 0.3) is 0 Å². The number of unbranched alkanes of at least 4 members (excludes halogenated alkanes) is 1. The van der Waals surface area contributed by atoms with Crippen molar-refractivity contribution in [1.29, 1.82) is 0 Å². The minimum absolute atomic E-state index is 0.463. The number of carbonyl (C=O) groups is 1. The fourth-order valence-electron chi connectivity index (χ4n) is 0.747. The van der Waals surface area contributed by atoms with E-state index in [-0.39, 0.29) is 0 Å². The summed E-state index contributed by atoms with van der Waals surface area (Å²) in [6.07, 6.45) is 2.22. The third-order valence-electron chi connectivity index (χ3n) is 1.47. The van der Waals surface area contributed by atoms with Crippen molar-refractivity contribution in [3.8, 4) is 0 Å². The highest BCUT2D eigenvalue weighted by Gasteiger charge is 2.07. The maximum Gasteiger partial charge on any atom is 0.234 e. The molecule has 0 bridgehead atoms. The van der Waals surface area contributed by atoms with E-state index in [4.69, 9.17) is 17.3 Å². The molecular weight excluding hydrogens is 158 g/mol. The van der Waals surface area contributed by atoms with Crippen LogP contribution in [-0.4, -0.2) is 18.5 Å². The van der Waals surface area contributed by atoms with Gasteiger partial charge >= 0.3 is 0 Å². The molecule has 12 heavy (non-hydrogen) atoms. The predicted octanol–water partition coefficient (Wildman–Crippen LogP) is -0.705. The van der Waals surface area contributed by atoms with Crippen LogP contribution in [0, 0.1) is 0 Å². The number of hydrogen-bond acceptors (Lipinski definition) is 4. The van der Waals surface area contributed by atoms with Crippen LogP contribution in [0.1, 0.15) is 19.3 Å². The molecule has 1 amide bonds. The van der Waals surface area contributed by atoms with E-state index >= 15 is 0 Å². The molecule has 0 aromatic carbocycles. The van der Waals surface area contributed by atoms with Gasteiger partial charge in [-0.3, -0.25) is 4.79 Å². The molecule has 0 aliphatic carbocycles. The molecule has 0 aliphatic rings. The van der Waals surface area contributed by atoms with Crippen LogP contribution in [0.5, 0.6) is 0 Å². The summed E-state index contributed by atoms with van der Waals surface area (Å²) in [5.74, 6) is 4.32. The van der Waals surface area contributed by atoms with E-state index in [1.165, 1.54) is 0 Å². The van der Waals surface area contributed by atoms with E-state index in [9.17, 15) is 4.79 Å². The Balaban J connectivity index is 3.25. The number of carbonyl (C=O) groups excluding carboxylic acids is 1. The summed E-state index contributed by atoms with van der Waals surface area (Å²) in [6.45, 7) is 0.571. The minimum Gasteiger partial charge on any atom is -0.368 e. The first-order valence-electron chi connectivity index (χ1n) is 3.80. The third kappa shape index (κ3) is 5.60. The van der Waals surface area contributed by atoms with Crippen LogP contribution in [0.2, 0.25) is 0 Å². The first kappa shape index (κ1) is 10.8. The van der Waals surface area contributed by atoms with Gasteiger partial charge in [-0.1, -0.05) is 5.22 Å². The molecule has 1 atom stereocenters. The van der Waals surface area contributed by atoms with Gasteiger partial charge in [0.25, 0.3) is 0 Å². The highest BCUT2D eigenvalue weighted by atomic mass is 16.1. The average Bonchev–Trinajstić information content (AvgIpc) is 2.03. The van der Waals surface area contributed by atoms with E-state index in [0.717, 1.165) is 12.8 Å². The standard InChI is InChI=1S/C6H15N5O/c7-5(6(8)12)3-1-2-4-10-11-9/h5H,1-4,7H2,(H2,8,12)(H2,9,10)/t5-/m0/s1. The molecule has 0 rings (SSSR count). The Morgan fingerprint density at radius 1 is 1.42 bits per heavy atom. The summed E-state index contributed by atoms with van der Waals surface area (Å²) >= 11 is 0.